The highest BCUT2D eigenvalue weighted by Crippen LogP contribution is 2.34. The number of nitrogen functional groups attached to an aromatic ring is 1. The molecule has 0 amide bonds. The number of anilines is 1. The molecule has 0 unspecified atom stereocenters. The van der Waals surface area contributed by atoms with Crippen LogP contribution in [0.25, 0.3) is 0 Å². The highest BCUT2D eigenvalue weighted by atomic mass is 19.4. The van der Waals surface area contributed by atoms with Gasteiger partial charge in [-0.25, -0.2) is 0 Å². The van der Waals surface area contributed by atoms with E-state index in [1.807, 2.05) is 0 Å². The van der Waals surface area contributed by atoms with Gasteiger partial charge in [-0.05, 0) is 43.9 Å². The maximum Gasteiger partial charge on any atom is 0.416 e. The Morgan fingerprint density at radius 2 is 1.68 bits per heavy atom. The van der Waals surface area contributed by atoms with Crippen LogP contribution in [-0.4, -0.2) is 6.10 Å². The Bertz CT molecular complexity index is 423. The second-order valence-electron chi connectivity index (χ2n) is 4.98. The Kier molecular flexibility index (Phi) is 4.22. The first-order chi connectivity index (χ1) is 8.97. The summed E-state index contributed by atoms with van der Waals surface area (Å²) in [4.78, 5) is 0. The number of hydrogen-bond donors (Lipinski definition) is 1. The molecule has 0 atom stereocenters. The Labute approximate surface area is 110 Å². The third kappa shape index (κ3) is 3.78. The molecule has 0 bridgehead atoms. The largest absolute Gasteiger partial charge is 0.488 e. The van der Waals surface area contributed by atoms with Crippen LogP contribution >= 0.6 is 0 Å². The van der Waals surface area contributed by atoms with Gasteiger partial charge in [0, 0.05) is 0 Å². The van der Waals surface area contributed by atoms with Crippen LogP contribution < -0.4 is 10.5 Å². The van der Waals surface area contributed by atoms with Crippen molar-refractivity contribution < 1.29 is 17.9 Å². The first-order valence-corrected chi connectivity index (χ1v) is 6.60. The van der Waals surface area contributed by atoms with Crippen molar-refractivity contribution in [3.05, 3.63) is 23.8 Å². The fourth-order valence-corrected chi connectivity index (χ4v) is 2.37. The summed E-state index contributed by atoms with van der Waals surface area (Å²) in [5, 5.41) is 0. The monoisotopic (exact) mass is 273 g/mol. The molecule has 0 saturated heterocycles. The number of rotatable bonds is 2. The SMILES string of the molecule is Nc1cc(C(F)(F)F)ccc1OC1CCCCCC1. The molecule has 0 aromatic heterocycles. The second-order valence-corrected chi connectivity index (χ2v) is 4.98. The molecule has 5 heteroatoms. The number of nitrogens with two attached hydrogens (primary N) is 1. The molecule has 2 nitrogen and oxygen atoms in total. The Balaban J connectivity index is 2.08. The van der Waals surface area contributed by atoms with Gasteiger partial charge in [-0.15, -0.1) is 0 Å². The maximum absolute atomic E-state index is 12.5. The Morgan fingerprint density at radius 1 is 1.05 bits per heavy atom. The maximum atomic E-state index is 12.5. The van der Waals surface area contributed by atoms with E-state index in [4.69, 9.17) is 10.5 Å². The normalized spacial score (nSPS) is 18.1. The van der Waals surface area contributed by atoms with Crippen LogP contribution in [0.2, 0.25) is 0 Å². The summed E-state index contributed by atoms with van der Waals surface area (Å²) in [6, 6.07) is 3.28. The fraction of sp³-hybridized carbons (Fsp3) is 0.571. The summed E-state index contributed by atoms with van der Waals surface area (Å²) >= 11 is 0. The lowest BCUT2D eigenvalue weighted by Crippen LogP contribution is -2.16. The zero-order valence-electron chi connectivity index (χ0n) is 10.7. The van der Waals surface area contributed by atoms with E-state index in [1.54, 1.807) is 0 Å². The third-order valence-electron chi connectivity index (χ3n) is 3.43. The molecule has 1 aromatic carbocycles. The molecule has 106 valence electrons. The minimum atomic E-state index is -4.37. The van der Waals surface area contributed by atoms with E-state index in [-0.39, 0.29) is 11.8 Å². The third-order valence-corrected chi connectivity index (χ3v) is 3.43. The van der Waals surface area contributed by atoms with Crippen LogP contribution in [-0.2, 0) is 6.18 Å². The van der Waals surface area contributed by atoms with Crippen LogP contribution in [0.15, 0.2) is 18.2 Å². The van der Waals surface area contributed by atoms with Crippen molar-refractivity contribution in [1.82, 2.24) is 0 Å². The van der Waals surface area contributed by atoms with Gasteiger partial charge < -0.3 is 10.5 Å². The molecule has 1 aliphatic carbocycles. The zero-order chi connectivity index (χ0) is 13.9. The van der Waals surface area contributed by atoms with Crippen LogP contribution in [0.5, 0.6) is 5.75 Å². The number of ether oxygens (including phenoxy) is 1. The molecular weight excluding hydrogens is 255 g/mol. The first-order valence-electron chi connectivity index (χ1n) is 6.60. The predicted octanol–water partition coefficient (Wildman–Crippen LogP) is 4.39. The Morgan fingerprint density at radius 3 is 2.21 bits per heavy atom. The van der Waals surface area contributed by atoms with Crippen LogP contribution in [0.4, 0.5) is 18.9 Å². The van der Waals surface area contributed by atoms with Crippen molar-refractivity contribution in [2.45, 2.75) is 50.8 Å². The minimum Gasteiger partial charge on any atom is -0.488 e. The van der Waals surface area contributed by atoms with Gasteiger partial charge in [-0.2, -0.15) is 13.2 Å². The topological polar surface area (TPSA) is 35.2 Å². The molecular formula is C14H18F3NO. The number of alkyl halides is 3. The lowest BCUT2D eigenvalue weighted by molar-refractivity contribution is -0.137. The number of hydrogen-bond acceptors (Lipinski definition) is 2. The smallest absolute Gasteiger partial charge is 0.416 e. The lowest BCUT2D eigenvalue weighted by atomic mass is 10.1. The minimum absolute atomic E-state index is 0.0547. The molecule has 0 spiro atoms. The number of benzene rings is 1. The molecule has 2 N–H and O–H groups in total. The molecule has 0 heterocycles. The van der Waals surface area contributed by atoms with Crippen LogP contribution in [0.3, 0.4) is 0 Å². The first kappa shape index (κ1) is 14.0. The summed E-state index contributed by atoms with van der Waals surface area (Å²) in [6.07, 6.45) is 2.19. The second kappa shape index (κ2) is 5.72. The van der Waals surface area contributed by atoms with Crippen molar-refractivity contribution in [2.75, 3.05) is 5.73 Å². The van der Waals surface area contributed by atoms with Gasteiger partial charge in [0.2, 0.25) is 0 Å². The van der Waals surface area contributed by atoms with E-state index in [9.17, 15) is 13.2 Å². The van der Waals surface area contributed by atoms with E-state index < -0.39 is 11.7 Å². The van der Waals surface area contributed by atoms with Crippen molar-refractivity contribution >= 4 is 5.69 Å². The van der Waals surface area contributed by atoms with Gasteiger partial charge >= 0.3 is 6.18 Å². The van der Waals surface area contributed by atoms with Gasteiger partial charge in [-0.1, -0.05) is 12.8 Å². The molecule has 1 fully saturated rings. The summed E-state index contributed by atoms with van der Waals surface area (Å²) in [7, 11) is 0. The zero-order valence-corrected chi connectivity index (χ0v) is 10.7. The molecule has 1 saturated carbocycles. The lowest BCUT2D eigenvalue weighted by Gasteiger charge is -2.19. The van der Waals surface area contributed by atoms with E-state index in [1.165, 1.54) is 18.9 Å². The van der Waals surface area contributed by atoms with Gasteiger partial charge in [0.05, 0.1) is 17.4 Å². The fourth-order valence-electron chi connectivity index (χ4n) is 2.37. The number of halogens is 3. The molecule has 1 aromatic rings. The summed E-state index contributed by atoms with van der Waals surface area (Å²) in [5.74, 6) is 0.361. The van der Waals surface area contributed by atoms with E-state index in [0.29, 0.717) is 5.75 Å². The standard InChI is InChI=1S/C14H18F3NO/c15-14(16,17)10-7-8-13(12(18)9-10)19-11-5-3-1-2-4-6-11/h7-9,11H,1-6,18H2. The van der Waals surface area contributed by atoms with Gasteiger partial charge in [0.15, 0.2) is 0 Å². The van der Waals surface area contributed by atoms with E-state index in [2.05, 4.69) is 0 Å². The molecule has 0 aliphatic heterocycles. The van der Waals surface area contributed by atoms with Crippen LogP contribution in [0.1, 0.15) is 44.1 Å². The quantitative estimate of drug-likeness (QED) is 0.640. The van der Waals surface area contributed by atoms with E-state index in [0.717, 1.165) is 37.8 Å². The van der Waals surface area contributed by atoms with Gasteiger partial charge in [0.25, 0.3) is 0 Å². The summed E-state index contributed by atoms with van der Waals surface area (Å²) in [5.41, 5.74) is 4.97. The summed E-state index contributed by atoms with van der Waals surface area (Å²) in [6.45, 7) is 0. The van der Waals surface area contributed by atoms with Crippen molar-refractivity contribution in [3.63, 3.8) is 0 Å². The van der Waals surface area contributed by atoms with Gasteiger partial charge in [0.1, 0.15) is 5.75 Å². The van der Waals surface area contributed by atoms with Crippen molar-refractivity contribution in [3.8, 4) is 5.75 Å². The van der Waals surface area contributed by atoms with Crippen molar-refractivity contribution in [2.24, 2.45) is 0 Å². The Hall–Kier alpha value is -1.39. The highest BCUT2D eigenvalue weighted by Gasteiger charge is 2.31. The van der Waals surface area contributed by atoms with Crippen molar-refractivity contribution in [1.29, 1.82) is 0 Å². The molecule has 1 aliphatic rings. The predicted molar refractivity (Wildman–Crippen MR) is 68.0 cm³/mol. The highest BCUT2D eigenvalue weighted by molar-refractivity contribution is 5.54. The van der Waals surface area contributed by atoms with Gasteiger partial charge in [-0.3, -0.25) is 0 Å². The summed E-state index contributed by atoms with van der Waals surface area (Å²) < 4.78 is 43.3. The average Bonchev–Trinajstić information content (AvgIpc) is 2.59. The molecule has 2 rings (SSSR count). The molecule has 0 radical (unpaired) electrons. The van der Waals surface area contributed by atoms with E-state index >= 15 is 0 Å². The average molecular weight is 273 g/mol. The molecule has 19 heavy (non-hydrogen) atoms. The van der Waals surface area contributed by atoms with Crippen LogP contribution in [0, 0.1) is 0 Å².